The summed E-state index contributed by atoms with van der Waals surface area (Å²) >= 11 is 0. The minimum Gasteiger partial charge on any atom is -0.521 e. The van der Waals surface area contributed by atoms with Crippen molar-refractivity contribution in [1.29, 1.82) is 0 Å². The molecule has 0 heterocycles. The Balaban J connectivity index is 0. The molecule has 0 amide bonds. The normalized spacial score (nSPS) is 8.64. The predicted octanol–water partition coefficient (Wildman–Crippen LogP) is 3.06. The van der Waals surface area contributed by atoms with E-state index in [2.05, 4.69) is 30.4 Å². The average Bonchev–Trinajstić information content (AvgIpc) is 2.15. The Bertz CT molecular complexity index is 277. The van der Waals surface area contributed by atoms with Crippen molar-refractivity contribution < 1.29 is 32.7 Å². The number of nitrogens with zero attached hydrogens (tertiary/aromatic N) is 2. The van der Waals surface area contributed by atoms with E-state index in [0.29, 0.717) is 11.4 Å². The van der Waals surface area contributed by atoms with E-state index in [1.807, 2.05) is 19.1 Å². The van der Waals surface area contributed by atoms with Gasteiger partial charge < -0.3 is 17.4 Å². The molecule has 0 aromatic heterocycles. The van der Waals surface area contributed by atoms with E-state index in [1.54, 1.807) is 6.07 Å². The summed E-state index contributed by atoms with van der Waals surface area (Å²) < 4.78 is 0. The van der Waals surface area contributed by atoms with E-state index in [9.17, 15) is 0 Å². The topological polar surface area (TPSA) is 50.7 Å². The van der Waals surface area contributed by atoms with E-state index in [4.69, 9.17) is 5.73 Å². The van der Waals surface area contributed by atoms with Gasteiger partial charge in [0.25, 0.3) is 0 Å². The summed E-state index contributed by atoms with van der Waals surface area (Å²) in [5.74, 6) is 0. The molecular formula is C10H13N3Y-2. The van der Waals surface area contributed by atoms with Crippen LogP contribution in [-0.2, 0) is 32.7 Å². The molecule has 0 aliphatic carbocycles. The summed E-state index contributed by atoms with van der Waals surface area (Å²) in [5.41, 5.74) is 7.98. The third-order valence-electron chi connectivity index (χ3n) is 1.44. The van der Waals surface area contributed by atoms with Crippen LogP contribution in [0.2, 0.25) is 0 Å². The summed E-state index contributed by atoms with van der Waals surface area (Å²) in [6.45, 7) is 8.93. The fourth-order valence-electron chi connectivity index (χ4n) is 0.889. The summed E-state index contributed by atoms with van der Waals surface area (Å²) in [6, 6.07) is 5.60. The molecule has 0 atom stereocenters. The van der Waals surface area contributed by atoms with Crippen LogP contribution >= 0.6 is 0 Å². The van der Waals surface area contributed by atoms with Crippen LogP contribution in [0.5, 0.6) is 0 Å². The molecule has 0 fully saturated rings. The standard InChI is InChI=1S/C8H10N3.C2H3.Y/c1-6-4-3-5-7(9)8(6)11-10-2;1-2;/h3-5H,2,9H2,1H3;1H,2H2;/q2*-1;. The van der Waals surface area contributed by atoms with Crippen molar-refractivity contribution in [3.63, 3.8) is 0 Å². The van der Waals surface area contributed by atoms with E-state index in [-0.39, 0.29) is 32.7 Å². The molecule has 0 saturated carbocycles. The van der Waals surface area contributed by atoms with Gasteiger partial charge in [0.1, 0.15) is 5.69 Å². The fourth-order valence-corrected chi connectivity index (χ4v) is 0.889. The second-order valence-electron chi connectivity index (χ2n) is 2.25. The van der Waals surface area contributed by atoms with Gasteiger partial charge in [-0.25, -0.2) is 0 Å². The predicted molar refractivity (Wildman–Crippen MR) is 55.4 cm³/mol. The maximum atomic E-state index is 5.63. The summed E-state index contributed by atoms with van der Waals surface area (Å²) in [4.78, 5) is 0. The summed E-state index contributed by atoms with van der Waals surface area (Å²) in [7, 11) is 3.27. The van der Waals surface area contributed by atoms with Gasteiger partial charge in [0.05, 0.1) is 5.69 Å². The number of benzene rings is 1. The Morgan fingerprint density at radius 1 is 1.43 bits per heavy atom. The molecule has 0 saturated heterocycles. The van der Waals surface area contributed by atoms with E-state index in [1.165, 1.54) is 0 Å². The molecule has 0 aliphatic heterocycles. The molecule has 0 aliphatic rings. The van der Waals surface area contributed by atoms with Gasteiger partial charge in [-0.2, -0.15) is 5.11 Å². The van der Waals surface area contributed by atoms with Crippen LogP contribution in [0.4, 0.5) is 11.4 Å². The largest absolute Gasteiger partial charge is 0.521 e. The first-order chi connectivity index (χ1) is 6.25. The fraction of sp³-hybridized carbons (Fsp3) is 0.100. The Morgan fingerprint density at radius 3 is 2.43 bits per heavy atom. The van der Waals surface area contributed by atoms with Crippen molar-refractivity contribution in [3.8, 4) is 0 Å². The summed E-state index contributed by atoms with van der Waals surface area (Å²) in [6.07, 6.45) is 0. The van der Waals surface area contributed by atoms with Crippen LogP contribution in [0, 0.1) is 20.6 Å². The first-order valence-corrected chi connectivity index (χ1v) is 3.68. The number of nitrogen functional groups attached to an aromatic ring is 1. The SMILES string of the molecule is [CH-]=C.[CH2-]N=Nc1c(C)cccc1N.[Y]. The van der Waals surface area contributed by atoms with Crippen LogP contribution in [-0.4, -0.2) is 0 Å². The van der Waals surface area contributed by atoms with Crippen molar-refractivity contribution >= 4 is 11.4 Å². The molecular weight excluding hydrogens is 251 g/mol. The number of hydrogen-bond acceptors (Lipinski definition) is 3. The van der Waals surface area contributed by atoms with Gasteiger partial charge in [0, 0.05) is 32.7 Å². The number of rotatable bonds is 1. The zero-order valence-corrected chi connectivity index (χ0v) is 11.1. The Morgan fingerprint density at radius 2 is 2.00 bits per heavy atom. The molecule has 1 rings (SSSR count). The molecule has 73 valence electrons. The number of aryl methyl sites for hydroxylation is 1. The van der Waals surface area contributed by atoms with E-state index >= 15 is 0 Å². The maximum Gasteiger partial charge on any atom is 0.108 e. The number of hydrogen-bond donors (Lipinski definition) is 1. The van der Waals surface area contributed by atoms with Crippen molar-refractivity contribution in [2.75, 3.05) is 5.73 Å². The Kier molecular flexibility index (Phi) is 10.1. The number of azo groups is 1. The van der Waals surface area contributed by atoms with Gasteiger partial charge in [-0.3, -0.25) is 13.6 Å². The third-order valence-corrected chi connectivity index (χ3v) is 1.44. The van der Waals surface area contributed by atoms with Crippen molar-refractivity contribution in [2.45, 2.75) is 6.92 Å². The van der Waals surface area contributed by atoms with Crippen LogP contribution in [0.15, 0.2) is 35.0 Å². The molecule has 0 unspecified atom stereocenters. The van der Waals surface area contributed by atoms with Crippen LogP contribution in [0.3, 0.4) is 0 Å². The molecule has 1 radical (unpaired) electrons. The molecule has 0 spiro atoms. The van der Waals surface area contributed by atoms with Crippen LogP contribution in [0.1, 0.15) is 5.56 Å². The Hall–Kier alpha value is -0.666. The molecule has 1 aromatic carbocycles. The first-order valence-electron chi connectivity index (χ1n) is 3.68. The van der Waals surface area contributed by atoms with Gasteiger partial charge in [-0.1, -0.05) is 12.1 Å². The third kappa shape index (κ3) is 4.54. The zero-order valence-electron chi connectivity index (χ0n) is 8.27. The molecule has 14 heavy (non-hydrogen) atoms. The molecule has 1 aromatic rings. The van der Waals surface area contributed by atoms with Gasteiger partial charge >= 0.3 is 0 Å². The smallest absolute Gasteiger partial charge is 0.108 e. The molecule has 2 N–H and O–H groups in total. The Labute approximate surface area is 110 Å². The van der Waals surface area contributed by atoms with Crippen LogP contribution < -0.4 is 5.73 Å². The molecule has 4 heteroatoms. The molecule has 0 bridgehead atoms. The average molecular weight is 264 g/mol. The minimum atomic E-state index is 0. The van der Waals surface area contributed by atoms with Gasteiger partial charge in [-0.05, 0) is 18.6 Å². The van der Waals surface area contributed by atoms with E-state index in [0.717, 1.165) is 5.56 Å². The summed E-state index contributed by atoms with van der Waals surface area (Å²) in [5, 5.41) is 7.22. The second-order valence-corrected chi connectivity index (χ2v) is 2.25. The van der Waals surface area contributed by atoms with E-state index < -0.39 is 0 Å². The van der Waals surface area contributed by atoms with Gasteiger partial charge in [-0.15, -0.1) is 0 Å². The number of nitrogens with two attached hydrogens (primary N) is 1. The quantitative estimate of drug-likeness (QED) is 0.473. The van der Waals surface area contributed by atoms with Gasteiger partial charge in [0.15, 0.2) is 0 Å². The monoisotopic (exact) mass is 264 g/mol. The molecule has 3 nitrogen and oxygen atoms in total. The van der Waals surface area contributed by atoms with Crippen LogP contribution in [0.25, 0.3) is 0 Å². The first kappa shape index (κ1) is 15.8. The maximum absolute atomic E-state index is 5.63. The second kappa shape index (κ2) is 8.91. The van der Waals surface area contributed by atoms with Gasteiger partial charge in [0.2, 0.25) is 0 Å². The minimum absolute atomic E-state index is 0. The zero-order chi connectivity index (χ0) is 10.3. The van der Waals surface area contributed by atoms with Crippen molar-refractivity contribution in [1.82, 2.24) is 0 Å². The van der Waals surface area contributed by atoms with Crippen molar-refractivity contribution in [3.05, 3.63) is 44.0 Å². The number of anilines is 1. The van der Waals surface area contributed by atoms with Crippen molar-refractivity contribution in [2.24, 2.45) is 10.2 Å².